The molecule has 6 heteroatoms. The number of anilines is 1. The van der Waals surface area contributed by atoms with E-state index in [4.69, 9.17) is 0 Å². The van der Waals surface area contributed by atoms with Crippen LogP contribution in [-0.4, -0.2) is 30.1 Å². The molecule has 1 saturated carbocycles. The van der Waals surface area contributed by atoms with Gasteiger partial charge in [-0.25, -0.2) is 0 Å². The van der Waals surface area contributed by atoms with Crippen LogP contribution >= 0.6 is 11.3 Å². The second-order valence-corrected chi connectivity index (χ2v) is 6.80. The molecule has 5 nitrogen and oxygen atoms in total. The van der Waals surface area contributed by atoms with E-state index < -0.39 is 0 Å². The summed E-state index contributed by atoms with van der Waals surface area (Å²) in [4.78, 5) is 24.9. The molecular formula is C17H18N2O3S. The third-order valence-electron chi connectivity index (χ3n) is 4.04. The third kappa shape index (κ3) is 3.78. The van der Waals surface area contributed by atoms with Gasteiger partial charge < -0.3 is 15.7 Å². The molecule has 0 bridgehead atoms. The highest BCUT2D eigenvalue weighted by Crippen LogP contribution is 2.44. The first kappa shape index (κ1) is 15.7. The van der Waals surface area contributed by atoms with Crippen LogP contribution in [0.25, 0.3) is 0 Å². The predicted molar refractivity (Wildman–Crippen MR) is 89.8 cm³/mol. The standard InChI is InChI=1S/C17H18N2O3S/c20-11-17(6-7-17)10-18-15(21)12-3-1-4-13(9-12)19-16(22)14-5-2-8-23-14/h1-5,8-9,20H,6-7,10-11H2,(H,18,21)(H,19,22). The third-order valence-corrected chi connectivity index (χ3v) is 4.91. The van der Waals surface area contributed by atoms with Crippen LogP contribution in [0.1, 0.15) is 32.9 Å². The van der Waals surface area contributed by atoms with Gasteiger partial charge in [0, 0.05) is 23.2 Å². The van der Waals surface area contributed by atoms with Crippen molar-refractivity contribution < 1.29 is 14.7 Å². The van der Waals surface area contributed by atoms with Crippen LogP contribution in [0.4, 0.5) is 5.69 Å². The van der Waals surface area contributed by atoms with E-state index in [2.05, 4.69) is 10.6 Å². The highest BCUT2D eigenvalue weighted by atomic mass is 32.1. The van der Waals surface area contributed by atoms with Crippen molar-refractivity contribution in [3.05, 3.63) is 52.2 Å². The van der Waals surface area contributed by atoms with Gasteiger partial charge in [0.15, 0.2) is 0 Å². The zero-order valence-electron chi connectivity index (χ0n) is 12.5. The second-order valence-electron chi connectivity index (χ2n) is 5.85. The van der Waals surface area contributed by atoms with Gasteiger partial charge in [-0.15, -0.1) is 11.3 Å². The van der Waals surface area contributed by atoms with E-state index in [0.717, 1.165) is 12.8 Å². The first-order valence-electron chi connectivity index (χ1n) is 7.46. The van der Waals surface area contributed by atoms with E-state index in [-0.39, 0.29) is 23.8 Å². The molecule has 120 valence electrons. The van der Waals surface area contributed by atoms with Gasteiger partial charge in [0.05, 0.1) is 11.5 Å². The molecular weight excluding hydrogens is 312 g/mol. The summed E-state index contributed by atoms with van der Waals surface area (Å²) in [6.45, 7) is 0.582. The number of rotatable bonds is 6. The number of aliphatic hydroxyl groups excluding tert-OH is 1. The van der Waals surface area contributed by atoms with Crippen LogP contribution in [0, 0.1) is 5.41 Å². The summed E-state index contributed by atoms with van der Waals surface area (Å²) in [7, 11) is 0. The Morgan fingerprint density at radius 2 is 2.00 bits per heavy atom. The molecule has 0 radical (unpaired) electrons. The topological polar surface area (TPSA) is 78.4 Å². The summed E-state index contributed by atoms with van der Waals surface area (Å²) in [5.41, 5.74) is 0.947. The number of aliphatic hydroxyl groups is 1. The fourth-order valence-electron chi connectivity index (χ4n) is 2.28. The fourth-order valence-corrected chi connectivity index (χ4v) is 2.89. The SMILES string of the molecule is O=C(NCC1(CO)CC1)c1cccc(NC(=O)c2cccs2)c1. The molecule has 3 rings (SSSR count). The van der Waals surface area contributed by atoms with Gasteiger partial charge in [0.2, 0.25) is 0 Å². The second kappa shape index (κ2) is 6.52. The van der Waals surface area contributed by atoms with Crippen molar-refractivity contribution >= 4 is 28.8 Å². The molecule has 1 fully saturated rings. The van der Waals surface area contributed by atoms with Crippen LogP contribution in [0.3, 0.4) is 0 Å². The van der Waals surface area contributed by atoms with Gasteiger partial charge in [-0.3, -0.25) is 9.59 Å². The Morgan fingerprint density at radius 3 is 2.65 bits per heavy atom. The molecule has 1 aliphatic carbocycles. The highest BCUT2D eigenvalue weighted by molar-refractivity contribution is 7.12. The maximum Gasteiger partial charge on any atom is 0.265 e. The minimum atomic E-state index is -0.197. The quantitative estimate of drug-likeness (QED) is 0.761. The molecule has 1 aromatic carbocycles. The van der Waals surface area contributed by atoms with Gasteiger partial charge in [-0.2, -0.15) is 0 Å². The lowest BCUT2D eigenvalue weighted by Crippen LogP contribution is -2.31. The summed E-state index contributed by atoms with van der Waals surface area (Å²) in [6, 6.07) is 10.4. The van der Waals surface area contributed by atoms with Gasteiger partial charge in [0.25, 0.3) is 11.8 Å². The van der Waals surface area contributed by atoms with Crippen LogP contribution in [0.2, 0.25) is 0 Å². The van der Waals surface area contributed by atoms with Crippen LogP contribution in [0.15, 0.2) is 41.8 Å². The van der Waals surface area contributed by atoms with Crippen molar-refractivity contribution in [3.8, 4) is 0 Å². The highest BCUT2D eigenvalue weighted by Gasteiger charge is 2.42. The molecule has 0 spiro atoms. The summed E-state index contributed by atoms with van der Waals surface area (Å²) in [5.74, 6) is -0.383. The molecule has 2 aromatic rings. The number of hydrogen-bond acceptors (Lipinski definition) is 4. The number of benzene rings is 1. The molecule has 0 unspecified atom stereocenters. The lowest BCUT2D eigenvalue weighted by Gasteiger charge is -2.13. The molecule has 0 atom stereocenters. The monoisotopic (exact) mass is 330 g/mol. The fraction of sp³-hybridized carbons (Fsp3) is 0.294. The number of hydrogen-bond donors (Lipinski definition) is 3. The van der Waals surface area contributed by atoms with E-state index in [0.29, 0.717) is 22.7 Å². The molecule has 1 aliphatic rings. The first-order chi connectivity index (χ1) is 11.1. The molecule has 1 heterocycles. The summed E-state index contributed by atoms with van der Waals surface area (Å²) in [5, 5.41) is 16.8. The zero-order valence-corrected chi connectivity index (χ0v) is 13.4. The van der Waals surface area contributed by atoms with E-state index in [1.165, 1.54) is 11.3 Å². The lowest BCUT2D eigenvalue weighted by molar-refractivity contribution is 0.0934. The van der Waals surface area contributed by atoms with Crippen molar-refractivity contribution in [1.82, 2.24) is 5.32 Å². The molecule has 0 aliphatic heterocycles. The normalized spacial score (nSPS) is 15.0. The van der Waals surface area contributed by atoms with Crippen LogP contribution in [0.5, 0.6) is 0 Å². The molecule has 23 heavy (non-hydrogen) atoms. The number of carbonyl (C=O) groups excluding carboxylic acids is 2. The van der Waals surface area contributed by atoms with Gasteiger partial charge in [-0.1, -0.05) is 12.1 Å². The van der Waals surface area contributed by atoms with Crippen molar-refractivity contribution in [2.75, 3.05) is 18.5 Å². The van der Waals surface area contributed by atoms with E-state index in [1.54, 1.807) is 30.3 Å². The largest absolute Gasteiger partial charge is 0.396 e. The Bertz CT molecular complexity index is 708. The van der Waals surface area contributed by atoms with Crippen LogP contribution < -0.4 is 10.6 Å². The number of nitrogens with one attached hydrogen (secondary N) is 2. The number of carbonyl (C=O) groups is 2. The number of amides is 2. The van der Waals surface area contributed by atoms with Gasteiger partial charge >= 0.3 is 0 Å². The van der Waals surface area contributed by atoms with Crippen molar-refractivity contribution in [1.29, 1.82) is 0 Å². The van der Waals surface area contributed by atoms with Crippen molar-refractivity contribution in [3.63, 3.8) is 0 Å². The summed E-state index contributed by atoms with van der Waals surface area (Å²) >= 11 is 1.37. The maximum absolute atomic E-state index is 12.2. The lowest BCUT2D eigenvalue weighted by atomic mass is 10.1. The van der Waals surface area contributed by atoms with E-state index in [9.17, 15) is 14.7 Å². The Hall–Kier alpha value is -2.18. The Balaban J connectivity index is 1.62. The zero-order chi connectivity index (χ0) is 16.3. The van der Waals surface area contributed by atoms with Crippen molar-refractivity contribution in [2.45, 2.75) is 12.8 Å². The molecule has 1 aromatic heterocycles. The smallest absolute Gasteiger partial charge is 0.265 e. The average Bonchev–Trinajstić information content (AvgIpc) is 3.14. The minimum absolute atomic E-state index is 0.101. The molecule has 0 saturated heterocycles. The number of thiophene rings is 1. The first-order valence-corrected chi connectivity index (χ1v) is 8.34. The summed E-state index contributed by atoms with van der Waals surface area (Å²) < 4.78 is 0. The van der Waals surface area contributed by atoms with E-state index >= 15 is 0 Å². The summed E-state index contributed by atoms with van der Waals surface area (Å²) in [6.07, 6.45) is 1.89. The molecule has 2 amide bonds. The van der Waals surface area contributed by atoms with Crippen molar-refractivity contribution in [2.24, 2.45) is 5.41 Å². The Labute approximate surface area is 138 Å². The molecule has 3 N–H and O–H groups in total. The van der Waals surface area contributed by atoms with Crippen LogP contribution in [-0.2, 0) is 0 Å². The van der Waals surface area contributed by atoms with Gasteiger partial charge in [0.1, 0.15) is 0 Å². The van der Waals surface area contributed by atoms with Gasteiger partial charge in [-0.05, 0) is 42.5 Å². The minimum Gasteiger partial charge on any atom is -0.396 e. The Kier molecular flexibility index (Phi) is 4.45. The predicted octanol–water partition coefficient (Wildman–Crippen LogP) is 2.50. The maximum atomic E-state index is 12.2. The van der Waals surface area contributed by atoms with E-state index in [1.807, 2.05) is 11.4 Å². The Morgan fingerprint density at radius 1 is 1.17 bits per heavy atom. The average molecular weight is 330 g/mol.